The lowest BCUT2D eigenvalue weighted by Gasteiger charge is -2.44. The highest BCUT2D eigenvalue weighted by Gasteiger charge is 2.41. The van der Waals surface area contributed by atoms with Crippen LogP contribution in [0.15, 0.2) is 72.8 Å². The van der Waals surface area contributed by atoms with Crippen LogP contribution in [0.1, 0.15) is 137 Å². The Morgan fingerprint density at radius 1 is 0.447 bits per heavy atom. The molecule has 4 aromatic rings. The molecule has 47 heavy (non-hydrogen) atoms. The van der Waals surface area contributed by atoms with E-state index in [1.807, 2.05) is 24.3 Å². The third-order valence-electron chi connectivity index (χ3n) is 11.5. The van der Waals surface area contributed by atoms with Gasteiger partial charge < -0.3 is 14.9 Å². The first-order valence-corrected chi connectivity index (χ1v) is 17.5. The van der Waals surface area contributed by atoms with E-state index in [0.29, 0.717) is 0 Å². The lowest BCUT2D eigenvalue weighted by Crippen LogP contribution is -2.35. The van der Waals surface area contributed by atoms with Crippen LogP contribution in [0.25, 0.3) is 0 Å². The van der Waals surface area contributed by atoms with Gasteiger partial charge in [-0.3, -0.25) is 0 Å². The molecule has 0 aromatic heterocycles. The van der Waals surface area contributed by atoms with Crippen LogP contribution in [-0.4, -0.2) is 10.2 Å². The van der Waals surface area contributed by atoms with Gasteiger partial charge in [-0.25, -0.2) is 0 Å². The van der Waals surface area contributed by atoms with Gasteiger partial charge in [0.2, 0.25) is 0 Å². The first-order chi connectivity index (χ1) is 22.1. The molecule has 3 nitrogen and oxygen atoms in total. The molecule has 0 atom stereocenters. The van der Waals surface area contributed by atoms with E-state index in [1.165, 1.54) is 44.5 Å². The van der Waals surface area contributed by atoms with Crippen molar-refractivity contribution in [3.8, 4) is 11.5 Å². The summed E-state index contributed by atoms with van der Waals surface area (Å²) in [5, 5.41) is 19.4. The smallest absolute Gasteiger partial charge is 0.131 e. The van der Waals surface area contributed by atoms with Crippen LogP contribution in [0, 0.1) is 0 Å². The SMILES string of the molecule is CC1(C)CCC(C)(C)c2c1ccc(Oc1ccc3c(c1Cc1ccc(CO)cc1)C(C)(C)CCC3(C)C)c2Cc1ccc(CO)cc1. The van der Waals surface area contributed by atoms with E-state index >= 15 is 0 Å². The van der Waals surface area contributed by atoms with Crippen molar-refractivity contribution in [3.63, 3.8) is 0 Å². The fourth-order valence-corrected chi connectivity index (χ4v) is 8.29. The minimum atomic E-state index is 0.0176. The summed E-state index contributed by atoms with van der Waals surface area (Å²) in [6.07, 6.45) is 6.12. The van der Waals surface area contributed by atoms with E-state index in [0.717, 1.165) is 61.2 Å². The zero-order valence-electron chi connectivity index (χ0n) is 29.9. The lowest BCUT2D eigenvalue weighted by molar-refractivity contribution is 0.281. The Balaban J connectivity index is 1.54. The van der Waals surface area contributed by atoms with Crippen LogP contribution in [0.2, 0.25) is 0 Å². The van der Waals surface area contributed by atoms with E-state index < -0.39 is 0 Å². The molecule has 0 fully saturated rings. The number of benzene rings is 4. The largest absolute Gasteiger partial charge is 0.457 e. The van der Waals surface area contributed by atoms with Crippen molar-refractivity contribution in [1.82, 2.24) is 0 Å². The fourth-order valence-electron chi connectivity index (χ4n) is 8.29. The van der Waals surface area contributed by atoms with Crippen LogP contribution in [0.4, 0.5) is 0 Å². The molecule has 248 valence electrons. The Labute approximate surface area is 283 Å². The second-order valence-corrected chi connectivity index (χ2v) is 16.9. The Kier molecular flexibility index (Phi) is 8.73. The zero-order valence-corrected chi connectivity index (χ0v) is 29.9. The molecule has 0 saturated heterocycles. The Bertz CT molecular complexity index is 1620. The first-order valence-electron chi connectivity index (χ1n) is 17.5. The molecule has 0 amide bonds. The molecule has 0 heterocycles. The topological polar surface area (TPSA) is 49.7 Å². The van der Waals surface area contributed by atoms with Crippen molar-refractivity contribution < 1.29 is 14.9 Å². The highest BCUT2D eigenvalue weighted by molar-refractivity contribution is 5.59. The number of rotatable bonds is 8. The Morgan fingerprint density at radius 3 is 1.11 bits per heavy atom. The van der Waals surface area contributed by atoms with Gasteiger partial charge in [-0.15, -0.1) is 0 Å². The van der Waals surface area contributed by atoms with Gasteiger partial charge in [0.1, 0.15) is 11.5 Å². The fraction of sp³-hybridized carbons (Fsp3) is 0.455. The molecular formula is C44H54O3. The van der Waals surface area contributed by atoms with E-state index in [4.69, 9.17) is 4.74 Å². The summed E-state index contributed by atoms with van der Waals surface area (Å²) >= 11 is 0. The third kappa shape index (κ3) is 6.42. The van der Waals surface area contributed by atoms with Crippen LogP contribution in [0.3, 0.4) is 0 Å². The summed E-state index contributed by atoms with van der Waals surface area (Å²) in [5.74, 6) is 1.87. The van der Waals surface area contributed by atoms with Crippen LogP contribution >= 0.6 is 0 Å². The molecule has 6 rings (SSSR count). The molecule has 4 aromatic carbocycles. The number of fused-ring (bicyclic) bond motifs is 2. The molecule has 0 bridgehead atoms. The number of hydrogen-bond donors (Lipinski definition) is 2. The molecule has 3 heteroatoms. The predicted molar refractivity (Wildman–Crippen MR) is 194 cm³/mol. The normalized spacial score (nSPS) is 18.7. The molecule has 0 spiro atoms. The number of ether oxygens (including phenoxy) is 1. The van der Waals surface area contributed by atoms with Gasteiger partial charge in [-0.2, -0.15) is 0 Å². The highest BCUT2D eigenvalue weighted by atomic mass is 16.5. The molecule has 2 aliphatic carbocycles. The molecule has 2 N–H and O–H groups in total. The standard InChI is InChI=1S/C44H54O3/c1-41(2)21-23-43(5,6)39-33(25-29-9-13-31(27-45)14-10-29)37(19-17-35(39)41)47-38-20-18-36-40(44(7,8)24-22-42(36,3)4)34(38)26-30-11-15-32(28-46)16-12-30/h9-20,45-46H,21-28H2,1-8H3. The summed E-state index contributed by atoms with van der Waals surface area (Å²) in [6.45, 7) is 19.2. The van der Waals surface area contributed by atoms with Crippen molar-refractivity contribution in [2.45, 2.75) is 129 Å². The van der Waals surface area contributed by atoms with Crippen molar-refractivity contribution >= 4 is 0 Å². The maximum Gasteiger partial charge on any atom is 0.131 e. The monoisotopic (exact) mass is 630 g/mol. The number of aliphatic hydroxyl groups is 2. The van der Waals surface area contributed by atoms with E-state index in [9.17, 15) is 10.2 Å². The average Bonchev–Trinajstić information content (AvgIpc) is 3.03. The second-order valence-electron chi connectivity index (χ2n) is 16.9. The van der Waals surface area contributed by atoms with E-state index in [2.05, 4.69) is 104 Å². The van der Waals surface area contributed by atoms with E-state index in [1.54, 1.807) is 0 Å². The minimum absolute atomic E-state index is 0.0176. The summed E-state index contributed by atoms with van der Waals surface area (Å²) in [6, 6.07) is 25.9. The van der Waals surface area contributed by atoms with Gasteiger partial charge in [-0.1, -0.05) is 116 Å². The van der Waals surface area contributed by atoms with Gasteiger partial charge in [-0.05, 0) is 104 Å². The Morgan fingerprint density at radius 2 is 0.766 bits per heavy atom. The predicted octanol–water partition coefficient (Wildman–Crippen LogP) is 10.3. The highest BCUT2D eigenvalue weighted by Crippen LogP contribution is 2.52. The Hall–Kier alpha value is -3.40. The zero-order chi connectivity index (χ0) is 33.8. The second kappa shape index (κ2) is 12.2. The molecule has 0 aliphatic heterocycles. The molecule has 2 aliphatic rings. The summed E-state index contributed by atoms with van der Waals surface area (Å²) in [4.78, 5) is 0. The van der Waals surface area contributed by atoms with Gasteiger partial charge in [0.25, 0.3) is 0 Å². The third-order valence-corrected chi connectivity index (χ3v) is 11.5. The van der Waals surface area contributed by atoms with Gasteiger partial charge in [0, 0.05) is 24.0 Å². The van der Waals surface area contributed by atoms with Crippen molar-refractivity contribution in [1.29, 1.82) is 0 Å². The summed E-state index contributed by atoms with van der Waals surface area (Å²) in [5.41, 5.74) is 12.8. The van der Waals surface area contributed by atoms with Crippen molar-refractivity contribution in [3.05, 3.63) is 128 Å². The van der Waals surface area contributed by atoms with Gasteiger partial charge in [0.15, 0.2) is 0 Å². The maximum absolute atomic E-state index is 9.69. The molecule has 0 unspecified atom stereocenters. The van der Waals surface area contributed by atoms with Crippen LogP contribution in [-0.2, 0) is 47.7 Å². The first kappa shape index (κ1) is 33.5. The summed E-state index contributed by atoms with van der Waals surface area (Å²) in [7, 11) is 0. The number of hydrogen-bond acceptors (Lipinski definition) is 3. The minimum Gasteiger partial charge on any atom is -0.457 e. The molecular weight excluding hydrogens is 576 g/mol. The molecule has 0 saturated carbocycles. The maximum atomic E-state index is 9.69. The van der Waals surface area contributed by atoms with Gasteiger partial charge >= 0.3 is 0 Å². The number of aliphatic hydroxyl groups excluding tert-OH is 2. The molecule has 0 radical (unpaired) electrons. The van der Waals surface area contributed by atoms with Crippen molar-refractivity contribution in [2.75, 3.05) is 0 Å². The van der Waals surface area contributed by atoms with Gasteiger partial charge in [0.05, 0.1) is 13.2 Å². The van der Waals surface area contributed by atoms with Crippen LogP contribution in [0.5, 0.6) is 11.5 Å². The summed E-state index contributed by atoms with van der Waals surface area (Å²) < 4.78 is 7.25. The van der Waals surface area contributed by atoms with Crippen LogP contribution < -0.4 is 4.74 Å². The quantitative estimate of drug-likeness (QED) is 0.204. The lowest BCUT2D eigenvalue weighted by atomic mass is 9.61. The van der Waals surface area contributed by atoms with Crippen molar-refractivity contribution in [2.24, 2.45) is 0 Å². The van der Waals surface area contributed by atoms with E-state index in [-0.39, 0.29) is 34.9 Å². The average molecular weight is 631 g/mol.